The van der Waals surface area contributed by atoms with E-state index in [0.717, 1.165) is 17.4 Å². The molecule has 6 rings (SSSR count). The van der Waals surface area contributed by atoms with E-state index in [1.807, 2.05) is 42.5 Å². The number of aromatic nitrogens is 2. The SMILES string of the molecule is COc1ccc(/C(O)=C2\C(=O)C(=O)N(c3nnc(SCc4cccc5ccccc45)s3)C2c2cccc(OCCC(C)C)c2)cc1. The number of benzene rings is 4. The molecular weight excluding hydrogens is 619 g/mol. The quantitative estimate of drug-likeness (QED) is 0.0504. The number of hydrogen-bond acceptors (Lipinski definition) is 9. The third-order valence-corrected chi connectivity index (χ3v) is 9.88. The molecule has 234 valence electrons. The molecule has 46 heavy (non-hydrogen) atoms. The van der Waals surface area contributed by atoms with Crippen molar-refractivity contribution in [3.8, 4) is 11.5 Å². The molecule has 10 heteroatoms. The molecule has 0 spiro atoms. The van der Waals surface area contributed by atoms with E-state index >= 15 is 0 Å². The van der Waals surface area contributed by atoms with Crippen molar-refractivity contribution in [1.29, 1.82) is 0 Å². The maximum absolute atomic E-state index is 13.7. The van der Waals surface area contributed by atoms with E-state index in [1.54, 1.807) is 31.4 Å². The topological polar surface area (TPSA) is 102 Å². The first-order valence-corrected chi connectivity index (χ1v) is 16.8. The number of anilines is 1. The Bertz CT molecular complexity index is 1910. The lowest BCUT2D eigenvalue weighted by molar-refractivity contribution is -0.132. The van der Waals surface area contributed by atoms with Gasteiger partial charge < -0.3 is 14.6 Å². The van der Waals surface area contributed by atoms with E-state index in [0.29, 0.717) is 45.2 Å². The van der Waals surface area contributed by atoms with Crippen LogP contribution in [-0.4, -0.2) is 40.7 Å². The number of nitrogens with zero attached hydrogens (tertiary/aromatic N) is 3. The van der Waals surface area contributed by atoms with Gasteiger partial charge in [-0.1, -0.05) is 91.5 Å². The molecule has 0 radical (unpaired) electrons. The van der Waals surface area contributed by atoms with Crippen molar-refractivity contribution >= 4 is 56.5 Å². The van der Waals surface area contributed by atoms with Crippen molar-refractivity contribution in [1.82, 2.24) is 10.2 Å². The number of rotatable bonds is 11. The summed E-state index contributed by atoms with van der Waals surface area (Å²) in [4.78, 5) is 28.7. The highest BCUT2D eigenvalue weighted by Gasteiger charge is 2.48. The van der Waals surface area contributed by atoms with Gasteiger partial charge in [0.1, 0.15) is 17.3 Å². The van der Waals surface area contributed by atoms with Gasteiger partial charge in [-0.2, -0.15) is 0 Å². The van der Waals surface area contributed by atoms with Crippen LogP contribution in [0.25, 0.3) is 16.5 Å². The van der Waals surface area contributed by atoms with Crippen LogP contribution in [0.2, 0.25) is 0 Å². The highest BCUT2D eigenvalue weighted by molar-refractivity contribution is 8.00. The first-order valence-electron chi connectivity index (χ1n) is 14.9. The summed E-state index contributed by atoms with van der Waals surface area (Å²) in [7, 11) is 1.55. The van der Waals surface area contributed by atoms with Gasteiger partial charge in [0, 0.05) is 11.3 Å². The zero-order valence-electron chi connectivity index (χ0n) is 25.7. The molecule has 1 aliphatic rings. The van der Waals surface area contributed by atoms with Crippen molar-refractivity contribution < 1.29 is 24.2 Å². The molecule has 5 aromatic rings. The number of methoxy groups -OCH3 is 1. The summed E-state index contributed by atoms with van der Waals surface area (Å²) in [6, 6.07) is 27.4. The standard InChI is InChI=1S/C36H33N3O5S2/c1-22(2)18-19-44-28-12-7-10-25(20-28)31-30(32(40)24-14-16-27(43-3)17-15-24)33(41)34(42)39(31)35-37-38-36(46-35)45-21-26-11-6-9-23-8-4-5-13-29(23)26/h4-17,20,22,31,40H,18-19,21H2,1-3H3/b32-30+. The summed E-state index contributed by atoms with van der Waals surface area (Å²) in [6.07, 6.45) is 0.879. The number of ketones is 1. The smallest absolute Gasteiger partial charge is 0.301 e. The number of ether oxygens (including phenoxy) is 2. The molecule has 0 bridgehead atoms. The van der Waals surface area contributed by atoms with E-state index < -0.39 is 17.7 Å². The van der Waals surface area contributed by atoms with Crippen LogP contribution in [0.4, 0.5) is 5.13 Å². The third kappa shape index (κ3) is 6.49. The van der Waals surface area contributed by atoms with Crippen molar-refractivity contribution in [3.05, 3.63) is 113 Å². The number of aliphatic hydroxyl groups excluding tert-OH is 1. The Morgan fingerprint density at radius 3 is 2.50 bits per heavy atom. The average Bonchev–Trinajstić information content (AvgIpc) is 3.65. The predicted molar refractivity (Wildman–Crippen MR) is 183 cm³/mol. The second kappa shape index (κ2) is 13.8. The van der Waals surface area contributed by atoms with Crippen LogP contribution in [-0.2, 0) is 15.3 Å². The molecule has 1 unspecified atom stereocenters. The van der Waals surface area contributed by atoms with Crippen LogP contribution >= 0.6 is 23.1 Å². The normalized spacial score (nSPS) is 16.0. The Morgan fingerprint density at radius 2 is 1.72 bits per heavy atom. The fraction of sp³-hybridized carbons (Fsp3) is 0.222. The Balaban J connectivity index is 1.36. The van der Waals surface area contributed by atoms with Gasteiger partial charge in [-0.25, -0.2) is 0 Å². The van der Waals surface area contributed by atoms with Crippen LogP contribution in [0, 0.1) is 5.92 Å². The first-order chi connectivity index (χ1) is 22.3. The van der Waals surface area contributed by atoms with Crippen LogP contribution in [0.1, 0.15) is 43.0 Å². The summed E-state index contributed by atoms with van der Waals surface area (Å²) < 4.78 is 11.9. The number of thioether (sulfide) groups is 1. The number of hydrogen-bond donors (Lipinski definition) is 1. The fourth-order valence-electron chi connectivity index (χ4n) is 5.35. The summed E-state index contributed by atoms with van der Waals surface area (Å²) >= 11 is 2.75. The van der Waals surface area contributed by atoms with Gasteiger partial charge in [0.2, 0.25) is 5.13 Å². The molecule has 2 heterocycles. The third-order valence-electron chi connectivity index (χ3n) is 7.78. The van der Waals surface area contributed by atoms with Gasteiger partial charge in [-0.05, 0) is 70.6 Å². The van der Waals surface area contributed by atoms with Gasteiger partial charge in [0.25, 0.3) is 5.78 Å². The average molecular weight is 652 g/mol. The van der Waals surface area contributed by atoms with E-state index in [2.05, 4.69) is 48.3 Å². The lowest BCUT2D eigenvalue weighted by atomic mass is 9.95. The zero-order valence-corrected chi connectivity index (χ0v) is 27.3. The number of aliphatic hydroxyl groups is 1. The number of amides is 1. The predicted octanol–water partition coefficient (Wildman–Crippen LogP) is 8.04. The van der Waals surface area contributed by atoms with Crippen molar-refractivity contribution in [2.45, 2.75) is 36.4 Å². The van der Waals surface area contributed by atoms with E-state index in [1.165, 1.54) is 33.4 Å². The summed E-state index contributed by atoms with van der Waals surface area (Å²) in [6.45, 7) is 4.78. The minimum Gasteiger partial charge on any atom is -0.507 e. The van der Waals surface area contributed by atoms with E-state index in [9.17, 15) is 14.7 Å². The maximum Gasteiger partial charge on any atom is 0.301 e. The fourth-order valence-corrected chi connectivity index (χ4v) is 7.22. The minimum absolute atomic E-state index is 0.0327. The first kappa shape index (κ1) is 31.3. The van der Waals surface area contributed by atoms with Crippen LogP contribution < -0.4 is 14.4 Å². The van der Waals surface area contributed by atoms with Gasteiger partial charge in [0.05, 0.1) is 25.3 Å². The molecule has 1 N–H and O–H groups in total. The molecule has 1 saturated heterocycles. The number of carbonyl (C=O) groups is 2. The molecule has 0 aliphatic carbocycles. The van der Waals surface area contributed by atoms with Gasteiger partial charge in [-0.15, -0.1) is 10.2 Å². The molecule has 8 nitrogen and oxygen atoms in total. The second-order valence-electron chi connectivity index (χ2n) is 11.3. The van der Waals surface area contributed by atoms with Crippen LogP contribution in [0.3, 0.4) is 0 Å². The van der Waals surface area contributed by atoms with E-state index in [4.69, 9.17) is 9.47 Å². The number of Topliss-reactive ketones (excluding diaryl/α,β-unsaturated/α-hetero) is 1. The van der Waals surface area contributed by atoms with Crippen LogP contribution in [0.5, 0.6) is 11.5 Å². The van der Waals surface area contributed by atoms with Gasteiger partial charge in [-0.3, -0.25) is 14.5 Å². The monoisotopic (exact) mass is 651 g/mol. The Hall–Kier alpha value is -4.67. The molecule has 1 atom stereocenters. The zero-order chi connectivity index (χ0) is 32.2. The van der Waals surface area contributed by atoms with Crippen molar-refractivity contribution in [2.24, 2.45) is 5.92 Å². The molecule has 1 aliphatic heterocycles. The van der Waals surface area contributed by atoms with Crippen molar-refractivity contribution in [2.75, 3.05) is 18.6 Å². The molecule has 1 fully saturated rings. The van der Waals surface area contributed by atoms with E-state index in [-0.39, 0.29) is 16.5 Å². The Kier molecular flexibility index (Phi) is 9.37. The highest BCUT2D eigenvalue weighted by Crippen LogP contribution is 2.45. The Morgan fingerprint density at radius 1 is 0.957 bits per heavy atom. The molecule has 1 aromatic heterocycles. The summed E-state index contributed by atoms with van der Waals surface area (Å²) in [5, 5.41) is 22.9. The van der Waals surface area contributed by atoms with Crippen LogP contribution in [0.15, 0.2) is 101 Å². The largest absolute Gasteiger partial charge is 0.507 e. The second-order valence-corrected chi connectivity index (χ2v) is 13.5. The Labute approximate surface area is 275 Å². The number of fused-ring (bicyclic) bond motifs is 1. The highest BCUT2D eigenvalue weighted by atomic mass is 32.2. The number of carbonyl (C=O) groups excluding carboxylic acids is 2. The summed E-state index contributed by atoms with van der Waals surface area (Å²) in [5.74, 6) is 0.474. The van der Waals surface area contributed by atoms with Crippen molar-refractivity contribution in [3.63, 3.8) is 0 Å². The molecule has 1 amide bonds. The molecular formula is C36H33N3O5S2. The van der Waals surface area contributed by atoms with Gasteiger partial charge in [0.15, 0.2) is 4.34 Å². The lowest BCUT2D eigenvalue weighted by Crippen LogP contribution is -2.29. The summed E-state index contributed by atoms with van der Waals surface area (Å²) in [5.41, 5.74) is 2.12. The molecule has 4 aromatic carbocycles. The molecule has 0 saturated carbocycles. The minimum atomic E-state index is -0.945. The van der Waals surface area contributed by atoms with Gasteiger partial charge >= 0.3 is 5.91 Å². The lowest BCUT2D eigenvalue weighted by Gasteiger charge is -2.23. The maximum atomic E-state index is 13.7.